The second kappa shape index (κ2) is 10.1. The topological polar surface area (TPSA) is 54.4 Å². The summed E-state index contributed by atoms with van der Waals surface area (Å²) in [5.41, 5.74) is 7.42. The third-order valence-electron chi connectivity index (χ3n) is 5.66. The van der Waals surface area contributed by atoms with Crippen LogP contribution < -0.4 is 10.1 Å². The number of benzene rings is 3. The Labute approximate surface area is 189 Å². The minimum absolute atomic E-state index is 0.308. The maximum Gasteiger partial charge on any atom is 0.123 e. The van der Waals surface area contributed by atoms with E-state index in [9.17, 15) is 5.11 Å². The monoisotopic (exact) mass is 424 g/mol. The summed E-state index contributed by atoms with van der Waals surface area (Å²) in [6.45, 7) is 6.04. The normalized spacial score (nSPS) is 10.8. The van der Waals surface area contributed by atoms with Crippen molar-refractivity contribution in [1.82, 2.24) is 10.3 Å². The molecule has 0 atom stereocenters. The van der Waals surface area contributed by atoms with E-state index in [0.29, 0.717) is 12.4 Å². The van der Waals surface area contributed by atoms with E-state index in [0.717, 1.165) is 52.4 Å². The zero-order valence-electron chi connectivity index (χ0n) is 18.5. The van der Waals surface area contributed by atoms with Gasteiger partial charge < -0.3 is 15.2 Å². The Kier molecular flexibility index (Phi) is 6.83. The van der Waals surface area contributed by atoms with Crippen LogP contribution in [0.3, 0.4) is 0 Å². The molecule has 0 spiro atoms. The van der Waals surface area contributed by atoms with Crippen LogP contribution in [0.25, 0.3) is 11.1 Å². The highest BCUT2D eigenvalue weighted by Crippen LogP contribution is 2.35. The molecule has 4 heteroatoms. The van der Waals surface area contributed by atoms with Gasteiger partial charge in [0.2, 0.25) is 0 Å². The Morgan fingerprint density at radius 1 is 0.750 bits per heavy atom. The first-order valence-electron chi connectivity index (χ1n) is 10.8. The standard InChI is InChI=1S/C28H28N2O2/c1-20-25(8-5-10-27(20)31)26-9-6-11-28(21(26)2)32-19-23-14-12-22(13-15-23)17-29-18-24-7-3-4-16-30-24/h3-16,29,31H,17-19H2,1-2H3. The van der Waals surface area contributed by atoms with Gasteiger partial charge >= 0.3 is 0 Å². The third-order valence-corrected chi connectivity index (χ3v) is 5.66. The van der Waals surface area contributed by atoms with Crippen molar-refractivity contribution in [1.29, 1.82) is 0 Å². The van der Waals surface area contributed by atoms with Crippen LogP contribution in [0, 0.1) is 13.8 Å². The number of hydrogen-bond acceptors (Lipinski definition) is 4. The van der Waals surface area contributed by atoms with E-state index in [2.05, 4.69) is 47.6 Å². The number of aromatic hydroxyl groups is 1. The summed E-state index contributed by atoms with van der Waals surface area (Å²) in [6.07, 6.45) is 1.81. The first-order valence-corrected chi connectivity index (χ1v) is 10.8. The molecule has 0 aliphatic heterocycles. The lowest BCUT2D eigenvalue weighted by Gasteiger charge is -2.15. The quantitative estimate of drug-likeness (QED) is 0.368. The van der Waals surface area contributed by atoms with Gasteiger partial charge in [-0.2, -0.15) is 0 Å². The Hall–Kier alpha value is -3.63. The van der Waals surface area contributed by atoms with E-state index in [1.807, 2.05) is 55.6 Å². The zero-order chi connectivity index (χ0) is 22.3. The fraction of sp³-hybridized carbons (Fsp3) is 0.179. The molecule has 162 valence electrons. The van der Waals surface area contributed by atoms with Crippen molar-refractivity contribution in [3.8, 4) is 22.6 Å². The molecule has 1 heterocycles. The number of rotatable bonds is 8. The van der Waals surface area contributed by atoms with Gasteiger partial charge in [0.15, 0.2) is 0 Å². The third kappa shape index (κ3) is 5.16. The number of ether oxygens (including phenoxy) is 1. The lowest BCUT2D eigenvalue weighted by Crippen LogP contribution is -2.13. The molecule has 4 rings (SSSR count). The van der Waals surface area contributed by atoms with E-state index < -0.39 is 0 Å². The lowest BCUT2D eigenvalue weighted by molar-refractivity contribution is 0.304. The number of aromatic nitrogens is 1. The van der Waals surface area contributed by atoms with Gasteiger partial charge in [0.05, 0.1) is 5.69 Å². The van der Waals surface area contributed by atoms with Crippen molar-refractivity contribution in [3.63, 3.8) is 0 Å². The summed E-state index contributed by atoms with van der Waals surface area (Å²) < 4.78 is 6.15. The van der Waals surface area contributed by atoms with Crippen LogP contribution in [0.4, 0.5) is 0 Å². The molecule has 0 aliphatic carbocycles. The second-order valence-electron chi connectivity index (χ2n) is 7.91. The Bertz CT molecular complexity index is 1170. The summed E-state index contributed by atoms with van der Waals surface area (Å²) in [5.74, 6) is 1.16. The Balaban J connectivity index is 1.37. The van der Waals surface area contributed by atoms with Gasteiger partial charge in [-0.25, -0.2) is 0 Å². The maximum atomic E-state index is 10.1. The average Bonchev–Trinajstić information content (AvgIpc) is 2.82. The molecule has 0 aliphatic rings. The van der Waals surface area contributed by atoms with Gasteiger partial charge in [0.1, 0.15) is 18.1 Å². The van der Waals surface area contributed by atoms with Crippen LogP contribution in [0.15, 0.2) is 85.1 Å². The molecule has 0 fully saturated rings. The molecule has 0 amide bonds. The van der Waals surface area contributed by atoms with Crippen LogP contribution in [0.5, 0.6) is 11.5 Å². The van der Waals surface area contributed by atoms with Gasteiger partial charge in [-0.05, 0) is 71.5 Å². The van der Waals surface area contributed by atoms with Crippen molar-refractivity contribution in [3.05, 3.63) is 113 Å². The van der Waals surface area contributed by atoms with Crippen molar-refractivity contribution in [2.24, 2.45) is 0 Å². The predicted molar refractivity (Wildman–Crippen MR) is 129 cm³/mol. The van der Waals surface area contributed by atoms with Gasteiger partial charge in [0, 0.05) is 19.3 Å². The Morgan fingerprint density at radius 2 is 1.47 bits per heavy atom. The molecule has 4 nitrogen and oxygen atoms in total. The molecule has 0 saturated carbocycles. The minimum atomic E-state index is 0.308. The van der Waals surface area contributed by atoms with Crippen LogP contribution in [-0.2, 0) is 19.7 Å². The number of phenols is 1. The fourth-order valence-electron chi connectivity index (χ4n) is 3.73. The molecule has 4 aromatic rings. The van der Waals surface area contributed by atoms with E-state index in [4.69, 9.17) is 4.74 Å². The van der Waals surface area contributed by atoms with E-state index in [1.54, 1.807) is 6.07 Å². The predicted octanol–water partition coefficient (Wildman–Crippen LogP) is 5.94. The highest BCUT2D eigenvalue weighted by atomic mass is 16.5. The van der Waals surface area contributed by atoms with Gasteiger partial charge in [-0.1, -0.05) is 54.6 Å². The fourth-order valence-corrected chi connectivity index (χ4v) is 3.73. The maximum absolute atomic E-state index is 10.1. The molecular weight excluding hydrogens is 396 g/mol. The smallest absolute Gasteiger partial charge is 0.123 e. The van der Waals surface area contributed by atoms with Crippen LogP contribution >= 0.6 is 0 Å². The van der Waals surface area contributed by atoms with E-state index in [-0.39, 0.29) is 0 Å². The zero-order valence-corrected chi connectivity index (χ0v) is 18.5. The summed E-state index contributed by atoms with van der Waals surface area (Å²) in [7, 11) is 0. The van der Waals surface area contributed by atoms with Gasteiger partial charge in [0.25, 0.3) is 0 Å². The molecular formula is C28H28N2O2. The summed E-state index contributed by atoms with van der Waals surface area (Å²) in [6, 6.07) is 26.1. The van der Waals surface area contributed by atoms with Gasteiger partial charge in [-0.15, -0.1) is 0 Å². The SMILES string of the molecule is Cc1c(O)cccc1-c1cccc(OCc2ccc(CNCc3ccccn3)cc2)c1C. The summed E-state index contributed by atoms with van der Waals surface area (Å²) >= 11 is 0. The van der Waals surface area contributed by atoms with Gasteiger partial charge in [-0.3, -0.25) is 4.98 Å². The minimum Gasteiger partial charge on any atom is -0.508 e. The van der Waals surface area contributed by atoms with Crippen molar-refractivity contribution in [2.75, 3.05) is 0 Å². The molecule has 0 radical (unpaired) electrons. The highest BCUT2D eigenvalue weighted by molar-refractivity contribution is 5.74. The van der Waals surface area contributed by atoms with E-state index >= 15 is 0 Å². The number of nitrogens with zero attached hydrogens (tertiary/aromatic N) is 1. The lowest BCUT2D eigenvalue weighted by atomic mass is 9.95. The number of hydrogen-bond donors (Lipinski definition) is 2. The highest BCUT2D eigenvalue weighted by Gasteiger charge is 2.11. The summed E-state index contributed by atoms with van der Waals surface area (Å²) in [5, 5.41) is 13.5. The average molecular weight is 425 g/mol. The number of phenolic OH excluding ortho intramolecular Hbond substituents is 1. The molecule has 1 aromatic heterocycles. The number of pyridine rings is 1. The first-order chi connectivity index (χ1) is 15.6. The Morgan fingerprint density at radius 3 is 2.22 bits per heavy atom. The van der Waals surface area contributed by atoms with Crippen molar-refractivity contribution in [2.45, 2.75) is 33.5 Å². The van der Waals surface area contributed by atoms with Crippen LogP contribution in [0.1, 0.15) is 27.9 Å². The largest absolute Gasteiger partial charge is 0.508 e. The second-order valence-corrected chi connectivity index (χ2v) is 7.91. The molecule has 0 bridgehead atoms. The molecule has 3 aromatic carbocycles. The molecule has 0 saturated heterocycles. The molecule has 2 N–H and O–H groups in total. The molecule has 0 unspecified atom stereocenters. The van der Waals surface area contributed by atoms with Crippen molar-refractivity contribution >= 4 is 0 Å². The van der Waals surface area contributed by atoms with Crippen LogP contribution in [-0.4, -0.2) is 10.1 Å². The van der Waals surface area contributed by atoms with Crippen LogP contribution in [0.2, 0.25) is 0 Å². The number of nitrogens with one attached hydrogen (secondary N) is 1. The summed E-state index contributed by atoms with van der Waals surface area (Å²) in [4.78, 5) is 4.33. The molecule has 32 heavy (non-hydrogen) atoms. The van der Waals surface area contributed by atoms with Crippen molar-refractivity contribution < 1.29 is 9.84 Å². The van der Waals surface area contributed by atoms with E-state index in [1.165, 1.54) is 5.56 Å². The first kappa shape index (κ1) is 21.6.